The maximum Gasteiger partial charge on any atom is 0.255 e. The third kappa shape index (κ3) is 3.38. The number of carbonyl (C=O) groups excluding carboxylic acids is 1. The van der Waals surface area contributed by atoms with Crippen LogP contribution < -0.4 is 5.32 Å². The van der Waals surface area contributed by atoms with Crippen LogP contribution in [0, 0.1) is 0 Å². The molecule has 2 aromatic carbocycles. The lowest BCUT2D eigenvalue weighted by atomic mass is 10.2. The van der Waals surface area contributed by atoms with Gasteiger partial charge in [-0.05, 0) is 46.3 Å². The minimum atomic E-state index is -0.347. The first-order chi connectivity index (χ1) is 9.38. The van der Waals surface area contributed by atoms with Gasteiger partial charge in [0.15, 0.2) is 5.75 Å². The highest BCUT2D eigenvalue weighted by atomic mass is 79.9. The largest absolute Gasteiger partial charge is 0.505 e. The molecule has 0 heterocycles. The first kappa shape index (κ1) is 15.4. The molecule has 20 heavy (non-hydrogen) atoms. The van der Waals surface area contributed by atoms with Crippen molar-refractivity contribution < 1.29 is 9.90 Å². The molecular weight excluding hydrogens is 388 g/mol. The van der Waals surface area contributed by atoms with E-state index in [1.165, 1.54) is 12.1 Å². The van der Waals surface area contributed by atoms with Crippen LogP contribution in [-0.4, -0.2) is 11.0 Å². The summed E-state index contributed by atoms with van der Waals surface area (Å²) in [5.74, 6) is -0.569. The Bertz CT molecular complexity index is 668. The molecule has 0 fully saturated rings. The van der Waals surface area contributed by atoms with E-state index < -0.39 is 0 Å². The van der Waals surface area contributed by atoms with Gasteiger partial charge in [0.05, 0.1) is 15.1 Å². The van der Waals surface area contributed by atoms with Crippen molar-refractivity contribution in [1.82, 2.24) is 0 Å². The number of benzene rings is 2. The Kier molecular flexibility index (Phi) is 4.81. The van der Waals surface area contributed by atoms with Gasteiger partial charge >= 0.3 is 0 Å². The van der Waals surface area contributed by atoms with Gasteiger partial charge in [0.25, 0.3) is 5.91 Å². The molecule has 7 heteroatoms. The van der Waals surface area contributed by atoms with E-state index in [-0.39, 0.29) is 21.7 Å². The normalized spacial score (nSPS) is 10.4. The van der Waals surface area contributed by atoms with E-state index >= 15 is 0 Å². The number of carbonyl (C=O) groups is 1. The molecule has 0 saturated carbocycles. The van der Waals surface area contributed by atoms with Gasteiger partial charge in [0.2, 0.25) is 0 Å². The quantitative estimate of drug-likeness (QED) is 0.672. The monoisotopic (exact) mass is 393 g/mol. The van der Waals surface area contributed by atoms with E-state index in [2.05, 4.69) is 21.2 Å². The van der Waals surface area contributed by atoms with Crippen LogP contribution >= 0.6 is 50.7 Å². The highest BCUT2D eigenvalue weighted by molar-refractivity contribution is 9.10. The summed E-state index contributed by atoms with van der Waals surface area (Å²) in [4.78, 5) is 12.1. The molecule has 0 aliphatic heterocycles. The zero-order valence-corrected chi connectivity index (χ0v) is 13.6. The van der Waals surface area contributed by atoms with E-state index in [0.29, 0.717) is 20.7 Å². The first-order valence-electron chi connectivity index (χ1n) is 5.33. The van der Waals surface area contributed by atoms with E-state index in [0.717, 1.165) is 0 Å². The fourth-order valence-corrected chi connectivity index (χ4v) is 2.46. The van der Waals surface area contributed by atoms with Gasteiger partial charge < -0.3 is 10.4 Å². The summed E-state index contributed by atoms with van der Waals surface area (Å²) in [7, 11) is 0. The molecule has 104 valence electrons. The number of phenolic OH excluding ortho intramolecular Hbond substituents is 1. The van der Waals surface area contributed by atoms with Crippen molar-refractivity contribution in [1.29, 1.82) is 0 Å². The van der Waals surface area contributed by atoms with Crippen LogP contribution in [0.25, 0.3) is 0 Å². The van der Waals surface area contributed by atoms with Gasteiger partial charge in [-0.15, -0.1) is 0 Å². The average molecular weight is 395 g/mol. The van der Waals surface area contributed by atoms with Crippen LogP contribution in [-0.2, 0) is 0 Å². The lowest BCUT2D eigenvalue weighted by Crippen LogP contribution is -2.11. The summed E-state index contributed by atoms with van der Waals surface area (Å²) in [6, 6.07) is 7.61. The Morgan fingerprint density at radius 2 is 1.65 bits per heavy atom. The molecule has 1 amide bonds. The third-order valence-electron chi connectivity index (χ3n) is 2.46. The van der Waals surface area contributed by atoms with E-state index in [4.69, 9.17) is 34.8 Å². The number of hydrogen-bond donors (Lipinski definition) is 2. The zero-order valence-electron chi connectivity index (χ0n) is 9.75. The van der Waals surface area contributed by atoms with Gasteiger partial charge in [0.1, 0.15) is 0 Å². The number of aromatic hydroxyl groups is 1. The maximum atomic E-state index is 12.1. The van der Waals surface area contributed by atoms with Crippen molar-refractivity contribution in [3.05, 3.63) is 55.4 Å². The van der Waals surface area contributed by atoms with Crippen LogP contribution in [0.15, 0.2) is 34.8 Å². The van der Waals surface area contributed by atoms with Gasteiger partial charge in [-0.3, -0.25) is 4.79 Å². The molecule has 2 aromatic rings. The van der Waals surface area contributed by atoms with Gasteiger partial charge in [-0.2, -0.15) is 0 Å². The number of halogens is 4. The van der Waals surface area contributed by atoms with Gasteiger partial charge in [0, 0.05) is 15.7 Å². The minimum absolute atomic E-state index is 0.0603. The molecule has 0 aromatic heterocycles. The van der Waals surface area contributed by atoms with Gasteiger partial charge in [-0.1, -0.05) is 34.8 Å². The molecule has 0 spiro atoms. The second kappa shape index (κ2) is 6.22. The van der Waals surface area contributed by atoms with Crippen LogP contribution in [0.3, 0.4) is 0 Å². The molecule has 0 radical (unpaired) electrons. The van der Waals surface area contributed by atoms with Crippen molar-refractivity contribution in [2.45, 2.75) is 0 Å². The molecule has 2 rings (SSSR count). The second-order valence-corrected chi connectivity index (χ2v) is 5.95. The molecule has 0 bridgehead atoms. The molecule has 0 atom stereocenters. The zero-order chi connectivity index (χ0) is 14.9. The summed E-state index contributed by atoms with van der Waals surface area (Å²) in [6.07, 6.45) is 0. The summed E-state index contributed by atoms with van der Waals surface area (Å²) in [6.45, 7) is 0. The number of amides is 1. The Balaban J connectivity index is 2.25. The fourth-order valence-electron chi connectivity index (χ4n) is 1.48. The van der Waals surface area contributed by atoms with E-state index in [1.807, 2.05) is 0 Å². The van der Waals surface area contributed by atoms with Crippen molar-refractivity contribution >= 4 is 62.3 Å². The lowest BCUT2D eigenvalue weighted by Gasteiger charge is -2.08. The van der Waals surface area contributed by atoms with Crippen LogP contribution in [0.4, 0.5) is 5.69 Å². The number of phenols is 1. The molecule has 0 saturated heterocycles. The molecule has 2 N–H and O–H groups in total. The van der Waals surface area contributed by atoms with E-state index in [9.17, 15) is 9.90 Å². The Hall–Kier alpha value is -0.940. The topological polar surface area (TPSA) is 49.3 Å². The highest BCUT2D eigenvalue weighted by Gasteiger charge is 2.11. The first-order valence-corrected chi connectivity index (χ1v) is 7.25. The Morgan fingerprint density at radius 1 is 1.05 bits per heavy atom. The number of rotatable bonds is 2. The summed E-state index contributed by atoms with van der Waals surface area (Å²) in [5.41, 5.74) is 0.801. The van der Waals surface area contributed by atoms with Crippen LogP contribution in [0.2, 0.25) is 15.1 Å². The Morgan fingerprint density at radius 3 is 2.20 bits per heavy atom. The lowest BCUT2D eigenvalue weighted by molar-refractivity contribution is 0.102. The Labute approximate surface area is 138 Å². The van der Waals surface area contributed by atoms with Crippen LogP contribution in [0.1, 0.15) is 10.4 Å². The smallest absolute Gasteiger partial charge is 0.255 e. The van der Waals surface area contributed by atoms with Crippen molar-refractivity contribution in [2.24, 2.45) is 0 Å². The van der Waals surface area contributed by atoms with Gasteiger partial charge in [-0.25, -0.2) is 0 Å². The molecule has 0 unspecified atom stereocenters. The van der Waals surface area contributed by atoms with Crippen molar-refractivity contribution in [3.8, 4) is 5.75 Å². The molecule has 3 nitrogen and oxygen atoms in total. The van der Waals surface area contributed by atoms with Crippen molar-refractivity contribution in [3.63, 3.8) is 0 Å². The second-order valence-electron chi connectivity index (χ2n) is 3.87. The summed E-state index contributed by atoms with van der Waals surface area (Å²) in [5, 5.41) is 12.7. The van der Waals surface area contributed by atoms with Crippen LogP contribution in [0.5, 0.6) is 5.75 Å². The average Bonchev–Trinajstić information content (AvgIpc) is 2.39. The SMILES string of the molecule is O=C(Nc1cc(Cl)c(O)c(Cl)c1)c1ccc(Cl)c(Br)c1. The number of hydrogen-bond acceptors (Lipinski definition) is 2. The third-order valence-corrected chi connectivity index (χ3v) is 4.25. The standard InChI is InChI=1S/C13H7BrCl3NO2/c14-8-3-6(1-2-9(8)15)13(20)18-7-4-10(16)12(19)11(17)5-7/h1-5,19H,(H,18,20). The molecule has 0 aliphatic rings. The maximum absolute atomic E-state index is 12.1. The van der Waals surface area contributed by atoms with Crippen molar-refractivity contribution in [2.75, 3.05) is 5.32 Å². The van der Waals surface area contributed by atoms with E-state index in [1.54, 1.807) is 18.2 Å². The minimum Gasteiger partial charge on any atom is -0.505 e. The summed E-state index contributed by atoms with van der Waals surface area (Å²) >= 11 is 20.7. The number of anilines is 1. The summed E-state index contributed by atoms with van der Waals surface area (Å²) < 4.78 is 0.619. The predicted octanol–water partition coefficient (Wildman–Crippen LogP) is 5.37. The number of nitrogens with one attached hydrogen (secondary N) is 1. The highest BCUT2D eigenvalue weighted by Crippen LogP contribution is 2.34. The molecule has 0 aliphatic carbocycles. The molecular formula is C13H7BrCl3NO2. The predicted molar refractivity (Wildman–Crippen MR) is 85.2 cm³/mol. The fraction of sp³-hybridized carbons (Fsp3) is 0.